The Morgan fingerprint density at radius 3 is 2.73 bits per heavy atom. The molecule has 2 aliphatic rings. The van der Waals surface area contributed by atoms with Gasteiger partial charge >= 0.3 is 0 Å². The van der Waals surface area contributed by atoms with E-state index >= 15 is 0 Å². The number of morpholine rings is 1. The third-order valence-electron chi connectivity index (χ3n) is 4.50. The summed E-state index contributed by atoms with van der Waals surface area (Å²) in [6.45, 7) is 3.86. The van der Waals surface area contributed by atoms with Gasteiger partial charge in [-0.3, -0.25) is 4.79 Å². The zero-order valence-corrected chi connectivity index (χ0v) is 16.2. The third-order valence-corrected chi connectivity index (χ3v) is 6.60. The molecule has 1 saturated heterocycles. The van der Waals surface area contributed by atoms with Crippen LogP contribution in [0.15, 0.2) is 34.7 Å². The zero-order valence-electron chi connectivity index (χ0n) is 14.5. The van der Waals surface area contributed by atoms with E-state index in [0.717, 1.165) is 48.6 Å². The Bertz CT molecular complexity index is 730. The van der Waals surface area contributed by atoms with Crippen molar-refractivity contribution in [2.45, 2.75) is 29.8 Å². The zero-order chi connectivity index (χ0) is 17.8. The molecule has 1 saturated carbocycles. The Labute approximate surface area is 161 Å². The maximum Gasteiger partial charge on any atom is 0.233 e. The summed E-state index contributed by atoms with van der Waals surface area (Å²) in [5, 5.41) is 9.44. The van der Waals surface area contributed by atoms with E-state index in [-0.39, 0.29) is 5.91 Å². The summed E-state index contributed by atoms with van der Waals surface area (Å²) in [5.41, 5.74) is 1.18. The molecule has 0 atom stereocenters. The van der Waals surface area contributed by atoms with Crippen molar-refractivity contribution >= 4 is 34.1 Å². The molecule has 26 heavy (non-hydrogen) atoms. The van der Waals surface area contributed by atoms with E-state index in [2.05, 4.69) is 27.2 Å². The van der Waals surface area contributed by atoms with Gasteiger partial charge in [0.2, 0.25) is 11.0 Å². The molecule has 1 aromatic heterocycles. The van der Waals surface area contributed by atoms with Crippen molar-refractivity contribution < 1.29 is 9.53 Å². The fourth-order valence-electron chi connectivity index (χ4n) is 2.94. The van der Waals surface area contributed by atoms with Crippen LogP contribution in [0, 0.1) is 0 Å². The largest absolute Gasteiger partial charge is 0.378 e. The minimum atomic E-state index is 0.185. The first-order chi connectivity index (χ1) is 12.8. The maximum atomic E-state index is 12.7. The number of thioether (sulfide) groups is 1. The van der Waals surface area contributed by atoms with Crippen LogP contribution in [0.4, 0.5) is 5.13 Å². The summed E-state index contributed by atoms with van der Waals surface area (Å²) in [5.74, 6) is 0.602. The quantitative estimate of drug-likeness (QED) is 0.678. The molecule has 1 aromatic carbocycles. The lowest BCUT2D eigenvalue weighted by atomic mass is 10.2. The molecule has 0 unspecified atom stereocenters. The number of nitrogens with zero attached hydrogens (tertiary/aromatic N) is 4. The van der Waals surface area contributed by atoms with Gasteiger partial charge in [0.25, 0.3) is 0 Å². The summed E-state index contributed by atoms with van der Waals surface area (Å²) in [6.07, 6.45) is 2.23. The Balaban J connectivity index is 1.33. The molecule has 1 amide bonds. The molecule has 0 bridgehead atoms. The van der Waals surface area contributed by atoms with Gasteiger partial charge in [-0.2, -0.15) is 0 Å². The Morgan fingerprint density at radius 1 is 1.23 bits per heavy atom. The number of carbonyl (C=O) groups is 1. The van der Waals surface area contributed by atoms with Crippen LogP contribution in [0.5, 0.6) is 0 Å². The van der Waals surface area contributed by atoms with E-state index < -0.39 is 0 Å². The van der Waals surface area contributed by atoms with Crippen molar-refractivity contribution in [3.63, 3.8) is 0 Å². The van der Waals surface area contributed by atoms with Crippen LogP contribution in [0.2, 0.25) is 0 Å². The van der Waals surface area contributed by atoms with Crippen LogP contribution in [-0.2, 0) is 16.1 Å². The second kappa shape index (κ2) is 8.37. The van der Waals surface area contributed by atoms with Gasteiger partial charge in [-0.25, -0.2) is 0 Å². The smallest absolute Gasteiger partial charge is 0.233 e. The lowest BCUT2D eigenvalue weighted by Crippen LogP contribution is -2.36. The van der Waals surface area contributed by atoms with Crippen LogP contribution in [-0.4, -0.2) is 59.1 Å². The van der Waals surface area contributed by atoms with Crippen molar-refractivity contribution in [3.05, 3.63) is 35.9 Å². The summed E-state index contributed by atoms with van der Waals surface area (Å²) in [7, 11) is 0. The number of aromatic nitrogens is 2. The lowest BCUT2D eigenvalue weighted by Gasteiger charge is -2.25. The van der Waals surface area contributed by atoms with Gasteiger partial charge in [0, 0.05) is 25.7 Å². The normalized spacial score (nSPS) is 17.3. The first-order valence-corrected chi connectivity index (χ1v) is 10.7. The van der Waals surface area contributed by atoms with Gasteiger partial charge < -0.3 is 14.5 Å². The van der Waals surface area contributed by atoms with Crippen molar-refractivity contribution in [3.8, 4) is 0 Å². The highest BCUT2D eigenvalue weighted by Crippen LogP contribution is 2.32. The molecule has 1 aliphatic heterocycles. The predicted molar refractivity (Wildman–Crippen MR) is 104 cm³/mol. The lowest BCUT2D eigenvalue weighted by molar-refractivity contribution is -0.129. The van der Waals surface area contributed by atoms with Crippen molar-refractivity contribution in [1.82, 2.24) is 15.1 Å². The van der Waals surface area contributed by atoms with Crippen molar-refractivity contribution in [2.24, 2.45) is 0 Å². The molecule has 2 fully saturated rings. The molecule has 2 heterocycles. The molecule has 138 valence electrons. The molecular formula is C18H22N4O2S2. The topological polar surface area (TPSA) is 58.6 Å². The third kappa shape index (κ3) is 4.55. The van der Waals surface area contributed by atoms with E-state index in [1.165, 1.54) is 17.3 Å². The molecule has 4 rings (SSSR count). The average Bonchev–Trinajstić information content (AvgIpc) is 3.42. The van der Waals surface area contributed by atoms with Crippen molar-refractivity contribution in [1.29, 1.82) is 0 Å². The molecule has 6 nitrogen and oxygen atoms in total. The van der Waals surface area contributed by atoms with Crippen molar-refractivity contribution in [2.75, 3.05) is 37.0 Å². The van der Waals surface area contributed by atoms with Crippen LogP contribution in [0.1, 0.15) is 18.4 Å². The Hall–Kier alpha value is -1.64. The first kappa shape index (κ1) is 17.8. The van der Waals surface area contributed by atoms with Gasteiger partial charge in [0.05, 0.1) is 19.0 Å². The SMILES string of the molecule is O=C(CSc1nnc(N2CCOCC2)s1)N(Cc1ccccc1)C1CC1. The molecular weight excluding hydrogens is 368 g/mol. The maximum absolute atomic E-state index is 12.7. The van der Waals surface area contributed by atoms with Crippen LogP contribution >= 0.6 is 23.1 Å². The van der Waals surface area contributed by atoms with Gasteiger partial charge in [-0.05, 0) is 18.4 Å². The average molecular weight is 391 g/mol. The summed E-state index contributed by atoms with van der Waals surface area (Å²) in [6, 6.07) is 10.6. The number of carbonyl (C=O) groups excluding carboxylic acids is 1. The number of amides is 1. The number of ether oxygens (including phenoxy) is 1. The van der Waals surface area contributed by atoms with E-state index in [0.29, 0.717) is 18.3 Å². The minimum absolute atomic E-state index is 0.185. The van der Waals surface area contributed by atoms with E-state index in [9.17, 15) is 4.79 Å². The standard InChI is InChI=1S/C18H22N4O2S2/c23-16(22(15-6-7-15)12-14-4-2-1-3-5-14)13-25-18-20-19-17(26-18)21-8-10-24-11-9-21/h1-5,15H,6-13H2. The fraction of sp³-hybridized carbons (Fsp3) is 0.500. The van der Waals surface area contributed by atoms with Crippen LogP contribution in [0.25, 0.3) is 0 Å². The molecule has 8 heteroatoms. The molecule has 1 aliphatic carbocycles. The second-order valence-electron chi connectivity index (χ2n) is 6.48. The van der Waals surface area contributed by atoms with Crippen LogP contribution < -0.4 is 4.90 Å². The predicted octanol–water partition coefficient (Wildman–Crippen LogP) is 2.66. The molecule has 0 radical (unpaired) electrons. The number of benzene rings is 1. The Kier molecular flexibility index (Phi) is 5.72. The van der Waals surface area contributed by atoms with Gasteiger partial charge in [0.1, 0.15) is 0 Å². The molecule has 0 spiro atoms. The van der Waals surface area contributed by atoms with Crippen LogP contribution in [0.3, 0.4) is 0 Å². The highest BCUT2D eigenvalue weighted by molar-refractivity contribution is 8.01. The van der Waals surface area contributed by atoms with Gasteiger partial charge in [0.15, 0.2) is 4.34 Å². The highest BCUT2D eigenvalue weighted by Gasteiger charge is 2.32. The second-order valence-corrected chi connectivity index (χ2v) is 8.66. The van der Waals surface area contributed by atoms with E-state index in [1.54, 1.807) is 11.3 Å². The molecule has 0 N–H and O–H groups in total. The van der Waals surface area contributed by atoms with E-state index in [1.807, 2.05) is 23.1 Å². The fourth-order valence-corrected chi connectivity index (χ4v) is 4.72. The first-order valence-electron chi connectivity index (χ1n) is 8.92. The summed E-state index contributed by atoms with van der Waals surface area (Å²) in [4.78, 5) is 17.0. The number of rotatable bonds is 7. The van der Waals surface area contributed by atoms with E-state index in [4.69, 9.17) is 4.74 Å². The number of hydrogen-bond donors (Lipinski definition) is 0. The molecule has 2 aromatic rings. The Morgan fingerprint density at radius 2 is 2.00 bits per heavy atom. The number of hydrogen-bond acceptors (Lipinski definition) is 7. The minimum Gasteiger partial charge on any atom is -0.378 e. The monoisotopic (exact) mass is 390 g/mol. The van der Waals surface area contributed by atoms with Gasteiger partial charge in [-0.1, -0.05) is 53.4 Å². The highest BCUT2D eigenvalue weighted by atomic mass is 32.2. The number of anilines is 1. The van der Waals surface area contributed by atoms with Gasteiger partial charge in [-0.15, -0.1) is 10.2 Å². The summed E-state index contributed by atoms with van der Waals surface area (Å²) < 4.78 is 6.23. The summed E-state index contributed by atoms with van der Waals surface area (Å²) >= 11 is 3.05.